The summed E-state index contributed by atoms with van der Waals surface area (Å²) >= 11 is 9.14. The Morgan fingerprint density at radius 2 is 1.83 bits per heavy atom. The summed E-state index contributed by atoms with van der Waals surface area (Å²) < 4.78 is 31.8. The molecule has 0 aromatic heterocycles. The second kappa shape index (κ2) is 5.67. The monoisotopic (exact) mass is 332 g/mol. The summed E-state index contributed by atoms with van der Waals surface area (Å²) in [5.41, 5.74) is 0.795. The Balaban J connectivity index is 2.38. The lowest BCUT2D eigenvalue weighted by atomic mass is 10.2. The first-order valence-electron chi connectivity index (χ1n) is 5.07. The number of rotatable bonds is 3. The van der Waals surface area contributed by atoms with Gasteiger partial charge in [0.1, 0.15) is 11.6 Å². The summed E-state index contributed by atoms with van der Waals surface area (Å²) in [6, 6.07) is 8.06. The van der Waals surface area contributed by atoms with Crippen molar-refractivity contribution in [3.05, 3.63) is 58.6 Å². The molecule has 2 rings (SSSR count). The first-order chi connectivity index (χ1) is 8.60. The Morgan fingerprint density at radius 3 is 2.56 bits per heavy atom. The van der Waals surface area contributed by atoms with Crippen LogP contribution in [0.5, 0.6) is 11.5 Å². The standard InChI is InChI=1S/C13H8BrClF2O/c14-7-8-1-2-9(15)5-12(8)18-13-6-10(16)3-4-11(13)17/h1-6H,7H2. The number of hydrogen-bond donors (Lipinski definition) is 0. The number of benzene rings is 2. The maximum absolute atomic E-state index is 13.5. The van der Waals surface area contributed by atoms with Crippen molar-refractivity contribution in [2.75, 3.05) is 0 Å². The molecule has 0 saturated heterocycles. The van der Waals surface area contributed by atoms with E-state index in [4.69, 9.17) is 16.3 Å². The van der Waals surface area contributed by atoms with Gasteiger partial charge in [0.2, 0.25) is 0 Å². The van der Waals surface area contributed by atoms with Crippen LogP contribution < -0.4 is 4.74 Å². The summed E-state index contributed by atoms with van der Waals surface area (Å²) in [5.74, 6) is -0.964. The molecule has 0 bridgehead atoms. The molecular weight excluding hydrogens is 325 g/mol. The zero-order chi connectivity index (χ0) is 13.1. The predicted molar refractivity (Wildman–Crippen MR) is 70.5 cm³/mol. The van der Waals surface area contributed by atoms with E-state index in [1.807, 2.05) is 0 Å². The lowest BCUT2D eigenvalue weighted by Gasteiger charge is -2.10. The van der Waals surface area contributed by atoms with Gasteiger partial charge in [0, 0.05) is 22.0 Å². The summed E-state index contributed by atoms with van der Waals surface area (Å²) in [5, 5.41) is 0.989. The molecule has 2 aromatic carbocycles. The third kappa shape index (κ3) is 3.00. The van der Waals surface area contributed by atoms with E-state index in [0.29, 0.717) is 16.1 Å². The molecule has 0 radical (unpaired) electrons. The minimum absolute atomic E-state index is 0.167. The van der Waals surface area contributed by atoms with Crippen molar-refractivity contribution in [2.24, 2.45) is 0 Å². The summed E-state index contributed by atoms with van der Waals surface area (Å²) in [4.78, 5) is 0. The van der Waals surface area contributed by atoms with Crippen molar-refractivity contribution in [3.63, 3.8) is 0 Å². The molecule has 0 unspecified atom stereocenters. The maximum Gasteiger partial charge on any atom is 0.165 e. The van der Waals surface area contributed by atoms with E-state index >= 15 is 0 Å². The minimum Gasteiger partial charge on any atom is -0.454 e. The zero-order valence-corrected chi connectivity index (χ0v) is 11.4. The molecule has 0 N–H and O–H groups in total. The number of alkyl halides is 1. The molecule has 5 heteroatoms. The largest absolute Gasteiger partial charge is 0.454 e. The maximum atomic E-state index is 13.5. The molecule has 0 fully saturated rings. The lowest BCUT2D eigenvalue weighted by Crippen LogP contribution is -1.93. The van der Waals surface area contributed by atoms with E-state index in [9.17, 15) is 8.78 Å². The Bertz CT molecular complexity index is 575. The van der Waals surface area contributed by atoms with Gasteiger partial charge in [-0.25, -0.2) is 8.78 Å². The lowest BCUT2D eigenvalue weighted by molar-refractivity contribution is 0.434. The van der Waals surface area contributed by atoms with Crippen LogP contribution in [0.4, 0.5) is 8.78 Å². The second-order valence-electron chi connectivity index (χ2n) is 3.56. The Morgan fingerprint density at radius 1 is 1.06 bits per heavy atom. The van der Waals surface area contributed by atoms with Crippen LogP contribution >= 0.6 is 27.5 Å². The minimum atomic E-state index is -0.628. The molecule has 0 aliphatic heterocycles. The molecule has 1 nitrogen and oxygen atoms in total. The van der Waals surface area contributed by atoms with E-state index in [0.717, 1.165) is 23.8 Å². The normalized spacial score (nSPS) is 10.4. The third-order valence-corrected chi connectivity index (χ3v) is 3.13. The number of halogens is 4. The van der Waals surface area contributed by atoms with Crippen molar-refractivity contribution in [2.45, 2.75) is 5.33 Å². The van der Waals surface area contributed by atoms with E-state index in [-0.39, 0.29) is 5.75 Å². The van der Waals surface area contributed by atoms with Gasteiger partial charge in [0.15, 0.2) is 11.6 Å². The van der Waals surface area contributed by atoms with Gasteiger partial charge < -0.3 is 4.74 Å². The van der Waals surface area contributed by atoms with E-state index < -0.39 is 11.6 Å². The van der Waals surface area contributed by atoms with Gasteiger partial charge in [0.05, 0.1) is 0 Å². The Kier molecular flexibility index (Phi) is 4.19. The molecule has 0 aliphatic carbocycles. The highest BCUT2D eigenvalue weighted by Gasteiger charge is 2.10. The van der Waals surface area contributed by atoms with Crippen LogP contribution in [-0.4, -0.2) is 0 Å². The Hall–Kier alpha value is -1.13. The second-order valence-corrected chi connectivity index (χ2v) is 4.56. The highest BCUT2D eigenvalue weighted by Crippen LogP contribution is 2.31. The molecule has 0 heterocycles. The van der Waals surface area contributed by atoms with E-state index in [1.165, 1.54) is 0 Å². The van der Waals surface area contributed by atoms with Gasteiger partial charge in [0.25, 0.3) is 0 Å². The first-order valence-corrected chi connectivity index (χ1v) is 6.57. The summed E-state index contributed by atoms with van der Waals surface area (Å²) in [7, 11) is 0. The van der Waals surface area contributed by atoms with Crippen molar-refractivity contribution in [3.8, 4) is 11.5 Å². The number of hydrogen-bond acceptors (Lipinski definition) is 1. The molecule has 0 spiro atoms. The van der Waals surface area contributed by atoms with Gasteiger partial charge in [-0.3, -0.25) is 0 Å². The molecule has 0 atom stereocenters. The molecule has 0 aliphatic rings. The molecule has 0 amide bonds. The molecular formula is C13H8BrClF2O. The fourth-order valence-corrected chi connectivity index (χ4v) is 2.03. The first kappa shape index (κ1) is 13.3. The quantitative estimate of drug-likeness (QED) is 0.692. The average molecular weight is 334 g/mol. The SMILES string of the molecule is Fc1ccc(F)c(Oc2cc(Cl)ccc2CBr)c1. The highest BCUT2D eigenvalue weighted by atomic mass is 79.9. The van der Waals surface area contributed by atoms with Crippen LogP contribution in [0.3, 0.4) is 0 Å². The van der Waals surface area contributed by atoms with Crippen LogP contribution in [0.1, 0.15) is 5.56 Å². The van der Waals surface area contributed by atoms with Gasteiger partial charge in [-0.1, -0.05) is 33.6 Å². The van der Waals surface area contributed by atoms with Gasteiger partial charge >= 0.3 is 0 Å². The molecule has 94 valence electrons. The summed E-state index contributed by atoms with van der Waals surface area (Å²) in [6.45, 7) is 0. The van der Waals surface area contributed by atoms with Crippen LogP contribution in [0.15, 0.2) is 36.4 Å². The smallest absolute Gasteiger partial charge is 0.165 e. The van der Waals surface area contributed by atoms with E-state index in [2.05, 4.69) is 15.9 Å². The van der Waals surface area contributed by atoms with Gasteiger partial charge in [-0.05, 0) is 24.3 Å². The van der Waals surface area contributed by atoms with E-state index in [1.54, 1.807) is 18.2 Å². The topological polar surface area (TPSA) is 9.23 Å². The Labute approximate surface area is 116 Å². The van der Waals surface area contributed by atoms with Crippen LogP contribution in [0.25, 0.3) is 0 Å². The van der Waals surface area contributed by atoms with Crippen molar-refractivity contribution >= 4 is 27.5 Å². The fourth-order valence-electron chi connectivity index (χ4n) is 1.41. The highest BCUT2D eigenvalue weighted by molar-refractivity contribution is 9.08. The predicted octanol–water partition coefficient (Wildman–Crippen LogP) is 5.31. The van der Waals surface area contributed by atoms with Gasteiger partial charge in [-0.15, -0.1) is 0 Å². The summed E-state index contributed by atoms with van der Waals surface area (Å²) in [6.07, 6.45) is 0. The van der Waals surface area contributed by atoms with Crippen LogP contribution in [0.2, 0.25) is 5.02 Å². The molecule has 0 saturated carbocycles. The fraction of sp³-hybridized carbons (Fsp3) is 0.0769. The van der Waals surface area contributed by atoms with Crippen molar-refractivity contribution < 1.29 is 13.5 Å². The van der Waals surface area contributed by atoms with Crippen molar-refractivity contribution in [1.29, 1.82) is 0 Å². The average Bonchev–Trinajstić information content (AvgIpc) is 2.34. The number of ether oxygens (including phenoxy) is 1. The molecule has 18 heavy (non-hydrogen) atoms. The van der Waals surface area contributed by atoms with Crippen LogP contribution in [-0.2, 0) is 5.33 Å². The van der Waals surface area contributed by atoms with Gasteiger partial charge in [-0.2, -0.15) is 0 Å². The zero-order valence-electron chi connectivity index (χ0n) is 9.09. The van der Waals surface area contributed by atoms with Crippen LogP contribution in [0, 0.1) is 11.6 Å². The van der Waals surface area contributed by atoms with Crippen molar-refractivity contribution in [1.82, 2.24) is 0 Å². The molecule has 2 aromatic rings. The third-order valence-electron chi connectivity index (χ3n) is 2.29.